The van der Waals surface area contributed by atoms with Gasteiger partial charge in [0.05, 0.1) is 12.3 Å². The summed E-state index contributed by atoms with van der Waals surface area (Å²) in [5, 5.41) is 15.6. The topological polar surface area (TPSA) is 70.1 Å². The quantitative estimate of drug-likeness (QED) is 0.761. The van der Waals surface area contributed by atoms with Gasteiger partial charge < -0.3 is 15.7 Å². The van der Waals surface area contributed by atoms with Gasteiger partial charge >= 0.3 is 0 Å². The van der Waals surface area contributed by atoms with E-state index in [2.05, 4.69) is 20.6 Å². The number of nitrogens with zero attached hydrogens (tertiary/aromatic N) is 2. The predicted molar refractivity (Wildman–Crippen MR) is 68.0 cm³/mol. The molecule has 5 nitrogen and oxygen atoms in total. The molecule has 1 heterocycles. The summed E-state index contributed by atoms with van der Waals surface area (Å²) in [4.78, 5) is 7.93. The third kappa shape index (κ3) is 2.25. The third-order valence-corrected chi connectivity index (χ3v) is 3.61. The van der Waals surface area contributed by atoms with E-state index in [-0.39, 0.29) is 23.4 Å². The molecule has 0 spiro atoms. The minimum Gasteiger partial charge on any atom is -0.392 e. The van der Waals surface area contributed by atoms with Gasteiger partial charge in [0, 0.05) is 18.0 Å². The molecule has 1 aromatic rings. The van der Waals surface area contributed by atoms with E-state index in [0.29, 0.717) is 18.9 Å². The molecule has 0 bridgehead atoms. The first-order chi connectivity index (χ1) is 8.45. The van der Waals surface area contributed by atoms with Crippen LogP contribution in [0.15, 0.2) is 6.20 Å². The lowest BCUT2D eigenvalue weighted by Gasteiger charge is -2.49. The van der Waals surface area contributed by atoms with Crippen LogP contribution in [-0.4, -0.2) is 33.8 Å². The van der Waals surface area contributed by atoms with Crippen LogP contribution in [0.25, 0.3) is 0 Å². The summed E-state index contributed by atoms with van der Waals surface area (Å²) in [6.07, 6.45) is 1.40. The largest absolute Gasteiger partial charge is 0.392 e. The molecule has 2 rings (SSSR count). The number of rotatable bonds is 4. The van der Waals surface area contributed by atoms with Gasteiger partial charge in [0.25, 0.3) is 0 Å². The Morgan fingerprint density at radius 3 is 2.83 bits per heavy atom. The summed E-state index contributed by atoms with van der Waals surface area (Å²) < 4.78 is 13.6. The van der Waals surface area contributed by atoms with Crippen LogP contribution in [0.2, 0.25) is 0 Å². The molecule has 1 saturated carbocycles. The summed E-state index contributed by atoms with van der Waals surface area (Å²) in [7, 11) is 0. The van der Waals surface area contributed by atoms with Crippen LogP contribution >= 0.6 is 0 Å². The summed E-state index contributed by atoms with van der Waals surface area (Å²) in [6, 6.07) is 0.0198. The lowest BCUT2D eigenvalue weighted by atomic mass is 9.64. The molecule has 1 fully saturated rings. The Morgan fingerprint density at radius 1 is 1.56 bits per heavy atom. The average molecular weight is 254 g/mol. The van der Waals surface area contributed by atoms with Crippen LogP contribution in [0.5, 0.6) is 0 Å². The van der Waals surface area contributed by atoms with Gasteiger partial charge in [-0.15, -0.1) is 0 Å². The molecule has 0 aromatic carbocycles. The Labute approximate surface area is 106 Å². The molecular weight excluding hydrogens is 235 g/mol. The van der Waals surface area contributed by atoms with Crippen LogP contribution in [0.1, 0.15) is 27.2 Å². The molecule has 0 aliphatic heterocycles. The van der Waals surface area contributed by atoms with Crippen LogP contribution < -0.4 is 10.6 Å². The Kier molecular flexibility index (Phi) is 3.38. The van der Waals surface area contributed by atoms with Gasteiger partial charge in [-0.3, -0.25) is 0 Å². The maximum absolute atomic E-state index is 13.6. The van der Waals surface area contributed by atoms with Crippen LogP contribution in [-0.2, 0) is 0 Å². The maximum atomic E-state index is 13.6. The van der Waals surface area contributed by atoms with Crippen LogP contribution in [0.3, 0.4) is 0 Å². The molecule has 18 heavy (non-hydrogen) atoms. The number of aliphatic hydroxyl groups excluding tert-OH is 1. The van der Waals surface area contributed by atoms with Crippen molar-refractivity contribution in [3.05, 3.63) is 12.0 Å². The zero-order valence-corrected chi connectivity index (χ0v) is 10.9. The van der Waals surface area contributed by atoms with Crippen molar-refractivity contribution < 1.29 is 9.50 Å². The van der Waals surface area contributed by atoms with Gasteiger partial charge in [-0.25, -0.2) is 9.37 Å². The highest BCUT2D eigenvalue weighted by molar-refractivity contribution is 5.43. The molecule has 1 aliphatic carbocycles. The predicted octanol–water partition coefficient (Wildman–Crippen LogP) is 1.62. The van der Waals surface area contributed by atoms with Gasteiger partial charge in [0.1, 0.15) is 0 Å². The monoisotopic (exact) mass is 254 g/mol. The van der Waals surface area contributed by atoms with E-state index in [1.807, 2.05) is 20.8 Å². The fraction of sp³-hybridized carbons (Fsp3) is 0.667. The number of hydrogen-bond donors (Lipinski definition) is 3. The number of hydrogen-bond acceptors (Lipinski definition) is 5. The molecule has 1 aliphatic rings. The second kappa shape index (κ2) is 4.68. The minimum atomic E-state index is -0.478. The van der Waals surface area contributed by atoms with Gasteiger partial charge in [-0.1, -0.05) is 13.8 Å². The molecule has 0 radical (unpaired) electrons. The molecule has 0 amide bonds. The average Bonchev–Trinajstić information content (AvgIpc) is 2.33. The van der Waals surface area contributed by atoms with Crippen LogP contribution in [0.4, 0.5) is 16.2 Å². The van der Waals surface area contributed by atoms with Crippen molar-refractivity contribution in [1.29, 1.82) is 0 Å². The fourth-order valence-electron chi connectivity index (χ4n) is 2.02. The van der Waals surface area contributed by atoms with Gasteiger partial charge in [-0.05, 0) is 13.3 Å². The first-order valence-corrected chi connectivity index (χ1v) is 6.16. The van der Waals surface area contributed by atoms with Crippen molar-refractivity contribution in [2.24, 2.45) is 5.41 Å². The molecule has 100 valence electrons. The summed E-state index contributed by atoms with van der Waals surface area (Å²) in [6.45, 7) is 6.50. The lowest BCUT2D eigenvalue weighted by molar-refractivity contribution is -0.0512. The summed E-state index contributed by atoms with van der Waals surface area (Å²) in [5.74, 6) is 0.110. The number of halogens is 1. The molecule has 2 atom stereocenters. The highest BCUT2D eigenvalue weighted by atomic mass is 19.1. The SMILES string of the molecule is CCNc1ncc(F)c(NC2CC(O)C2(C)C)n1. The fourth-order valence-corrected chi connectivity index (χ4v) is 2.02. The van der Waals surface area contributed by atoms with Crippen molar-refractivity contribution in [1.82, 2.24) is 9.97 Å². The van der Waals surface area contributed by atoms with E-state index < -0.39 is 5.82 Å². The Bertz CT molecular complexity index is 438. The van der Waals surface area contributed by atoms with Crippen molar-refractivity contribution in [2.75, 3.05) is 17.2 Å². The summed E-state index contributed by atoms with van der Waals surface area (Å²) >= 11 is 0. The minimum absolute atomic E-state index is 0.0198. The molecule has 3 N–H and O–H groups in total. The number of anilines is 2. The number of aliphatic hydroxyl groups is 1. The maximum Gasteiger partial charge on any atom is 0.224 e. The Morgan fingerprint density at radius 2 is 2.28 bits per heavy atom. The molecule has 1 aromatic heterocycles. The highest BCUT2D eigenvalue weighted by Gasteiger charge is 2.47. The second-order valence-electron chi connectivity index (χ2n) is 5.19. The van der Waals surface area contributed by atoms with E-state index in [1.165, 1.54) is 0 Å². The van der Waals surface area contributed by atoms with E-state index in [1.54, 1.807) is 0 Å². The second-order valence-corrected chi connectivity index (χ2v) is 5.19. The van der Waals surface area contributed by atoms with Gasteiger partial charge in [0.15, 0.2) is 11.6 Å². The standard InChI is InChI=1S/C12H19FN4O/c1-4-14-11-15-6-7(13)10(17-11)16-8-5-9(18)12(8,2)3/h6,8-9,18H,4-5H2,1-3H3,(H2,14,15,16,17). The van der Waals surface area contributed by atoms with E-state index >= 15 is 0 Å². The molecule has 2 unspecified atom stereocenters. The van der Waals surface area contributed by atoms with Gasteiger partial charge in [0.2, 0.25) is 5.95 Å². The summed E-state index contributed by atoms with van der Waals surface area (Å²) in [5.41, 5.74) is -0.268. The smallest absolute Gasteiger partial charge is 0.224 e. The van der Waals surface area contributed by atoms with E-state index in [4.69, 9.17) is 0 Å². The van der Waals surface area contributed by atoms with Crippen molar-refractivity contribution in [3.8, 4) is 0 Å². The zero-order valence-electron chi connectivity index (χ0n) is 10.9. The molecule has 0 saturated heterocycles. The first kappa shape index (κ1) is 13.0. The van der Waals surface area contributed by atoms with Crippen molar-refractivity contribution in [3.63, 3.8) is 0 Å². The Hall–Kier alpha value is -1.43. The number of nitrogens with one attached hydrogen (secondary N) is 2. The van der Waals surface area contributed by atoms with Gasteiger partial charge in [-0.2, -0.15) is 4.98 Å². The highest BCUT2D eigenvalue weighted by Crippen LogP contribution is 2.42. The van der Waals surface area contributed by atoms with E-state index in [9.17, 15) is 9.50 Å². The molecule has 6 heteroatoms. The molecular formula is C12H19FN4O. The van der Waals surface area contributed by atoms with Crippen molar-refractivity contribution in [2.45, 2.75) is 39.3 Å². The number of aromatic nitrogens is 2. The third-order valence-electron chi connectivity index (χ3n) is 3.61. The Balaban J connectivity index is 2.12. The van der Waals surface area contributed by atoms with Crippen molar-refractivity contribution >= 4 is 11.8 Å². The zero-order chi connectivity index (χ0) is 13.3. The van der Waals surface area contributed by atoms with E-state index in [0.717, 1.165) is 6.20 Å². The van der Waals surface area contributed by atoms with Crippen LogP contribution in [0, 0.1) is 11.2 Å². The lowest BCUT2D eigenvalue weighted by Crippen LogP contribution is -2.57. The first-order valence-electron chi connectivity index (χ1n) is 6.16. The normalized spacial score (nSPS) is 25.4.